The monoisotopic (exact) mass is 261 g/mol. The Bertz CT molecular complexity index is 505. The SMILES string of the molecule is CSc1ccc([C@H](C)NC(=O)c2ccco2)cc1. The van der Waals surface area contributed by atoms with Crippen molar-refractivity contribution in [3.05, 3.63) is 54.0 Å². The summed E-state index contributed by atoms with van der Waals surface area (Å²) >= 11 is 1.70. The van der Waals surface area contributed by atoms with Crippen LogP contribution in [-0.2, 0) is 0 Å². The second kappa shape index (κ2) is 5.78. The Morgan fingerprint density at radius 2 is 2.00 bits per heavy atom. The van der Waals surface area contributed by atoms with Crippen LogP contribution in [0.4, 0.5) is 0 Å². The zero-order chi connectivity index (χ0) is 13.0. The van der Waals surface area contributed by atoms with E-state index in [4.69, 9.17) is 4.42 Å². The van der Waals surface area contributed by atoms with Crippen LogP contribution in [0.1, 0.15) is 29.1 Å². The molecule has 0 bridgehead atoms. The summed E-state index contributed by atoms with van der Waals surface area (Å²) < 4.78 is 5.05. The predicted octanol–water partition coefficient (Wildman–Crippen LogP) is 3.49. The van der Waals surface area contributed by atoms with E-state index < -0.39 is 0 Å². The van der Waals surface area contributed by atoms with E-state index in [1.165, 1.54) is 11.2 Å². The van der Waals surface area contributed by atoms with Gasteiger partial charge in [0.25, 0.3) is 5.91 Å². The maximum Gasteiger partial charge on any atom is 0.287 e. The number of thioether (sulfide) groups is 1. The van der Waals surface area contributed by atoms with Gasteiger partial charge in [0.05, 0.1) is 12.3 Å². The maximum atomic E-state index is 11.8. The average molecular weight is 261 g/mol. The van der Waals surface area contributed by atoms with Gasteiger partial charge in [-0.25, -0.2) is 0 Å². The quantitative estimate of drug-likeness (QED) is 0.857. The van der Waals surface area contributed by atoms with Gasteiger partial charge in [-0.15, -0.1) is 11.8 Å². The first kappa shape index (κ1) is 12.8. The second-order valence-corrected chi connectivity index (χ2v) is 4.83. The average Bonchev–Trinajstić information content (AvgIpc) is 2.92. The molecule has 0 radical (unpaired) electrons. The molecule has 1 N–H and O–H groups in total. The van der Waals surface area contributed by atoms with Gasteiger partial charge in [-0.3, -0.25) is 4.79 Å². The van der Waals surface area contributed by atoms with E-state index in [-0.39, 0.29) is 11.9 Å². The van der Waals surface area contributed by atoms with Crippen molar-refractivity contribution >= 4 is 17.7 Å². The molecule has 0 aliphatic carbocycles. The zero-order valence-corrected chi connectivity index (χ0v) is 11.2. The smallest absolute Gasteiger partial charge is 0.287 e. The summed E-state index contributed by atoms with van der Waals surface area (Å²) in [5, 5.41) is 2.90. The van der Waals surface area contributed by atoms with Crippen LogP contribution >= 0.6 is 11.8 Å². The molecule has 2 rings (SSSR count). The lowest BCUT2D eigenvalue weighted by Crippen LogP contribution is -2.26. The van der Waals surface area contributed by atoms with Crippen molar-refractivity contribution in [1.82, 2.24) is 5.32 Å². The number of benzene rings is 1. The molecular weight excluding hydrogens is 246 g/mol. The first-order valence-electron chi connectivity index (χ1n) is 5.69. The number of nitrogens with one attached hydrogen (secondary N) is 1. The van der Waals surface area contributed by atoms with E-state index in [1.54, 1.807) is 23.9 Å². The molecule has 1 heterocycles. The second-order valence-electron chi connectivity index (χ2n) is 3.95. The minimum Gasteiger partial charge on any atom is -0.459 e. The van der Waals surface area contributed by atoms with Gasteiger partial charge in [0.15, 0.2) is 5.76 Å². The molecule has 0 aliphatic heterocycles. The van der Waals surface area contributed by atoms with Gasteiger partial charge in [0.2, 0.25) is 0 Å². The van der Waals surface area contributed by atoms with E-state index in [0.717, 1.165) is 5.56 Å². The van der Waals surface area contributed by atoms with E-state index in [9.17, 15) is 4.79 Å². The first-order valence-corrected chi connectivity index (χ1v) is 6.91. The number of carbonyl (C=O) groups is 1. The fourth-order valence-electron chi connectivity index (χ4n) is 1.65. The predicted molar refractivity (Wildman–Crippen MR) is 72.8 cm³/mol. The molecule has 0 spiro atoms. The van der Waals surface area contributed by atoms with Crippen LogP contribution in [0, 0.1) is 0 Å². The third kappa shape index (κ3) is 2.96. The molecule has 0 saturated carbocycles. The highest BCUT2D eigenvalue weighted by Gasteiger charge is 2.13. The van der Waals surface area contributed by atoms with Crippen molar-refractivity contribution in [1.29, 1.82) is 0 Å². The van der Waals surface area contributed by atoms with Crippen LogP contribution in [0.15, 0.2) is 52.0 Å². The highest BCUT2D eigenvalue weighted by Crippen LogP contribution is 2.19. The van der Waals surface area contributed by atoms with Gasteiger partial charge >= 0.3 is 0 Å². The van der Waals surface area contributed by atoms with Crippen molar-refractivity contribution in [2.24, 2.45) is 0 Å². The lowest BCUT2D eigenvalue weighted by atomic mass is 10.1. The molecule has 2 aromatic rings. The maximum absolute atomic E-state index is 11.8. The third-order valence-electron chi connectivity index (χ3n) is 2.71. The van der Waals surface area contributed by atoms with Crippen LogP contribution in [-0.4, -0.2) is 12.2 Å². The van der Waals surface area contributed by atoms with Crippen molar-refractivity contribution in [3.63, 3.8) is 0 Å². The minimum atomic E-state index is -0.193. The number of amides is 1. The Labute approximate surface area is 111 Å². The summed E-state index contributed by atoms with van der Waals surface area (Å²) in [6.07, 6.45) is 3.53. The number of hydrogen-bond donors (Lipinski definition) is 1. The summed E-state index contributed by atoms with van der Waals surface area (Å²) in [4.78, 5) is 13.0. The van der Waals surface area contributed by atoms with Crippen molar-refractivity contribution < 1.29 is 9.21 Å². The molecular formula is C14H15NO2S. The van der Waals surface area contributed by atoms with Gasteiger partial charge in [0.1, 0.15) is 0 Å². The molecule has 94 valence electrons. The summed E-state index contributed by atoms with van der Waals surface area (Å²) in [6, 6.07) is 11.5. The van der Waals surface area contributed by atoms with Crippen LogP contribution in [0.2, 0.25) is 0 Å². The van der Waals surface area contributed by atoms with Crippen LogP contribution in [0.25, 0.3) is 0 Å². The highest BCUT2D eigenvalue weighted by molar-refractivity contribution is 7.98. The number of furan rings is 1. The van der Waals surface area contributed by atoms with Crippen LogP contribution < -0.4 is 5.32 Å². The Kier molecular flexibility index (Phi) is 4.10. The van der Waals surface area contributed by atoms with Gasteiger partial charge in [-0.05, 0) is 43.0 Å². The van der Waals surface area contributed by atoms with E-state index in [1.807, 2.05) is 25.3 Å². The molecule has 1 amide bonds. The molecule has 0 aliphatic rings. The largest absolute Gasteiger partial charge is 0.459 e. The molecule has 1 atom stereocenters. The zero-order valence-electron chi connectivity index (χ0n) is 10.3. The first-order chi connectivity index (χ1) is 8.70. The van der Waals surface area contributed by atoms with Gasteiger partial charge in [0, 0.05) is 4.90 Å². The molecule has 1 aromatic carbocycles. The van der Waals surface area contributed by atoms with Gasteiger partial charge in [-0.1, -0.05) is 12.1 Å². The molecule has 0 unspecified atom stereocenters. The fourth-order valence-corrected chi connectivity index (χ4v) is 2.06. The molecule has 1 aromatic heterocycles. The standard InChI is InChI=1S/C14H15NO2S/c1-10(11-5-7-12(18-2)8-6-11)15-14(16)13-4-3-9-17-13/h3-10H,1-2H3,(H,15,16)/t10-/m0/s1. The lowest BCUT2D eigenvalue weighted by Gasteiger charge is -2.13. The number of carbonyl (C=O) groups excluding carboxylic acids is 1. The van der Waals surface area contributed by atoms with E-state index in [2.05, 4.69) is 17.4 Å². The van der Waals surface area contributed by atoms with Crippen LogP contribution in [0.5, 0.6) is 0 Å². The Morgan fingerprint density at radius 1 is 1.28 bits per heavy atom. The molecule has 18 heavy (non-hydrogen) atoms. The molecule has 4 heteroatoms. The number of hydrogen-bond acceptors (Lipinski definition) is 3. The Hall–Kier alpha value is -1.68. The molecule has 3 nitrogen and oxygen atoms in total. The van der Waals surface area contributed by atoms with Crippen molar-refractivity contribution in [2.45, 2.75) is 17.9 Å². The summed E-state index contributed by atoms with van der Waals surface area (Å²) in [6.45, 7) is 1.95. The molecule has 0 saturated heterocycles. The molecule has 0 fully saturated rings. The topological polar surface area (TPSA) is 42.2 Å². The lowest BCUT2D eigenvalue weighted by molar-refractivity contribution is 0.0912. The third-order valence-corrected chi connectivity index (χ3v) is 3.45. The summed E-state index contributed by atoms with van der Waals surface area (Å²) in [5.41, 5.74) is 1.08. The van der Waals surface area contributed by atoms with Gasteiger partial charge in [-0.2, -0.15) is 0 Å². The van der Waals surface area contributed by atoms with Crippen LogP contribution in [0.3, 0.4) is 0 Å². The van der Waals surface area contributed by atoms with Gasteiger partial charge < -0.3 is 9.73 Å². The van der Waals surface area contributed by atoms with Crippen molar-refractivity contribution in [2.75, 3.05) is 6.26 Å². The fraction of sp³-hybridized carbons (Fsp3) is 0.214. The number of rotatable bonds is 4. The van der Waals surface area contributed by atoms with E-state index in [0.29, 0.717) is 5.76 Å². The van der Waals surface area contributed by atoms with E-state index >= 15 is 0 Å². The summed E-state index contributed by atoms with van der Waals surface area (Å²) in [7, 11) is 0. The normalized spacial score (nSPS) is 12.1. The highest BCUT2D eigenvalue weighted by atomic mass is 32.2. The van der Waals surface area contributed by atoms with Crippen molar-refractivity contribution in [3.8, 4) is 0 Å². The summed E-state index contributed by atoms with van der Waals surface area (Å²) in [5.74, 6) is 0.143. The minimum absolute atomic E-state index is 0.0430. The Morgan fingerprint density at radius 3 is 2.56 bits per heavy atom. The Balaban J connectivity index is 2.02.